The number of ether oxygens (including phenoxy) is 2. The summed E-state index contributed by atoms with van der Waals surface area (Å²) in [4.78, 5) is 23.4. The fourth-order valence-corrected chi connectivity index (χ4v) is 2.04. The molecule has 0 saturated carbocycles. The summed E-state index contributed by atoms with van der Waals surface area (Å²) in [5.74, 6) is -1.34. The van der Waals surface area contributed by atoms with Gasteiger partial charge in [-0.3, -0.25) is 9.59 Å². The maximum absolute atomic E-state index is 12.0. The van der Waals surface area contributed by atoms with Gasteiger partial charge < -0.3 is 15.2 Å². The van der Waals surface area contributed by atoms with Gasteiger partial charge in [0.25, 0.3) is 0 Å². The van der Waals surface area contributed by atoms with Crippen LogP contribution in [0.25, 0.3) is 6.08 Å². The van der Waals surface area contributed by atoms with Crippen molar-refractivity contribution in [1.29, 1.82) is 0 Å². The molecule has 1 unspecified atom stereocenters. The molecular formula is C17H23NO4. The van der Waals surface area contributed by atoms with Gasteiger partial charge in [0.15, 0.2) is 0 Å². The lowest BCUT2D eigenvalue weighted by Gasteiger charge is -2.17. The number of allylic oxidation sites excluding steroid dienone is 1. The Bertz CT molecular complexity index is 499. The van der Waals surface area contributed by atoms with Crippen molar-refractivity contribution in [2.24, 2.45) is 11.7 Å². The summed E-state index contributed by atoms with van der Waals surface area (Å²) in [6.45, 7) is 2.04. The number of carbonyl (C=O) groups is 2. The minimum absolute atomic E-state index is 0.199. The standard InChI is InChI=1S/C17H23NO4/c1-3-22-16(19)14(12-15(18)17(20)21-2)11-7-10-13-8-5-4-6-9-13/h4-10,14-15H,3,11-12,18H2,1-2H3/t14?,15-/m1/s1. The first kappa shape index (κ1) is 17.9. The van der Waals surface area contributed by atoms with Gasteiger partial charge in [0.1, 0.15) is 6.04 Å². The summed E-state index contributed by atoms with van der Waals surface area (Å²) in [7, 11) is 1.27. The number of benzene rings is 1. The van der Waals surface area contributed by atoms with Gasteiger partial charge in [0.05, 0.1) is 19.6 Å². The SMILES string of the molecule is CCOC(=O)C(CC=Cc1ccccc1)C[C@@H](N)C(=O)OC. The lowest BCUT2D eigenvalue weighted by molar-refractivity contribution is -0.149. The van der Waals surface area contributed by atoms with E-state index in [2.05, 4.69) is 4.74 Å². The van der Waals surface area contributed by atoms with Crippen molar-refractivity contribution in [3.05, 3.63) is 42.0 Å². The van der Waals surface area contributed by atoms with Gasteiger partial charge in [0, 0.05) is 0 Å². The predicted octanol–water partition coefficient (Wildman–Crippen LogP) is 2.16. The van der Waals surface area contributed by atoms with E-state index in [4.69, 9.17) is 10.5 Å². The highest BCUT2D eigenvalue weighted by Gasteiger charge is 2.25. The Labute approximate surface area is 131 Å². The van der Waals surface area contributed by atoms with Crippen LogP contribution in [-0.2, 0) is 19.1 Å². The predicted molar refractivity (Wildman–Crippen MR) is 84.8 cm³/mol. The van der Waals surface area contributed by atoms with Crippen LogP contribution in [-0.4, -0.2) is 31.7 Å². The van der Waals surface area contributed by atoms with Crippen LogP contribution in [0.3, 0.4) is 0 Å². The summed E-state index contributed by atoms with van der Waals surface area (Å²) < 4.78 is 9.63. The Kier molecular flexibility index (Phi) is 7.92. The average molecular weight is 305 g/mol. The van der Waals surface area contributed by atoms with Crippen LogP contribution in [0.4, 0.5) is 0 Å². The zero-order valence-electron chi connectivity index (χ0n) is 13.0. The first-order chi connectivity index (χ1) is 10.6. The molecule has 0 fully saturated rings. The van der Waals surface area contributed by atoms with E-state index in [1.807, 2.05) is 42.5 Å². The summed E-state index contributed by atoms with van der Waals surface area (Å²) in [5.41, 5.74) is 6.78. The van der Waals surface area contributed by atoms with E-state index >= 15 is 0 Å². The fraction of sp³-hybridized carbons (Fsp3) is 0.412. The quantitative estimate of drug-likeness (QED) is 0.745. The largest absolute Gasteiger partial charge is 0.468 e. The first-order valence-corrected chi connectivity index (χ1v) is 7.30. The van der Waals surface area contributed by atoms with Crippen LogP contribution in [0.15, 0.2) is 36.4 Å². The van der Waals surface area contributed by atoms with E-state index in [0.717, 1.165) is 5.56 Å². The third-order valence-corrected chi connectivity index (χ3v) is 3.19. The molecule has 1 aromatic rings. The number of esters is 2. The molecule has 0 spiro atoms. The molecule has 0 heterocycles. The molecule has 5 heteroatoms. The van der Waals surface area contributed by atoms with Crippen LogP contribution in [0.1, 0.15) is 25.3 Å². The van der Waals surface area contributed by atoms with Crippen molar-refractivity contribution in [3.8, 4) is 0 Å². The highest BCUT2D eigenvalue weighted by Crippen LogP contribution is 2.16. The lowest BCUT2D eigenvalue weighted by Crippen LogP contribution is -2.35. The third-order valence-electron chi connectivity index (χ3n) is 3.19. The highest BCUT2D eigenvalue weighted by atomic mass is 16.5. The Hall–Kier alpha value is -2.14. The van der Waals surface area contributed by atoms with Gasteiger partial charge in [-0.05, 0) is 25.3 Å². The molecule has 120 valence electrons. The van der Waals surface area contributed by atoms with Crippen molar-refractivity contribution in [2.45, 2.75) is 25.8 Å². The van der Waals surface area contributed by atoms with E-state index in [9.17, 15) is 9.59 Å². The molecular weight excluding hydrogens is 282 g/mol. The minimum atomic E-state index is -0.829. The first-order valence-electron chi connectivity index (χ1n) is 7.30. The lowest BCUT2D eigenvalue weighted by atomic mass is 9.96. The van der Waals surface area contributed by atoms with E-state index in [1.165, 1.54) is 7.11 Å². The molecule has 2 atom stereocenters. The Balaban J connectivity index is 2.67. The summed E-state index contributed by atoms with van der Waals surface area (Å²) in [6, 6.07) is 8.93. The van der Waals surface area contributed by atoms with Gasteiger partial charge in [-0.2, -0.15) is 0 Å². The van der Waals surface area contributed by atoms with Crippen LogP contribution in [0.2, 0.25) is 0 Å². The van der Waals surface area contributed by atoms with E-state index < -0.39 is 17.9 Å². The third kappa shape index (κ3) is 6.10. The normalized spacial score (nSPS) is 13.6. The molecule has 0 aliphatic rings. The molecule has 0 bridgehead atoms. The second kappa shape index (κ2) is 9.73. The van der Waals surface area contributed by atoms with Crippen molar-refractivity contribution < 1.29 is 19.1 Å². The molecule has 1 rings (SSSR count). The smallest absolute Gasteiger partial charge is 0.322 e. The van der Waals surface area contributed by atoms with Crippen LogP contribution >= 0.6 is 0 Å². The number of hydrogen-bond donors (Lipinski definition) is 1. The van der Waals surface area contributed by atoms with Crippen molar-refractivity contribution in [3.63, 3.8) is 0 Å². The van der Waals surface area contributed by atoms with Crippen LogP contribution in [0.5, 0.6) is 0 Å². The fourth-order valence-electron chi connectivity index (χ4n) is 2.04. The minimum Gasteiger partial charge on any atom is -0.468 e. The van der Waals surface area contributed by atoms with E-state index in [0.29, 0.717) is 13.0 Å². The second-order valence-corrected chi connectivity index (χ2v) is 4.86. The average Bonchev–Trinajstić information content (AvgIpc) is 2.54. The van der Waals surface area contributed by atoms with Gasteiger partial charge in [0.2, 0.25) is 0 Å². The van der Waals surface area contributed by atoms with Gasteiger partial charge in [-0.15, -0.1) is 0 Å². The molecule has 0 radical (unpaired) electrons. The second-order valence-electron chi connectivity index (χ2n) is 4.86. The van der Waals surface area contributed by atoms with E-state index in [1.54, 1.807) is 6.92 Å². The number of methoxy groups -OCH3 is 1. The number of hydrogen-bond acceptors (Lipinski definition) is 5. The molecule has 0 aliphatic heterocycles. The summed E-state index contributed by atoms with van der Waals surface area (Å²) >= 11 is 0. The van der Waals surface area contributed by atoms with Crippen molar-refractivity contribution in [2.75, 3.05) is 13.7 Å². The molecule has 5 nitrogen and oxygen atoms in total. The molecule has 0 aromatic heterocycles. The molecule has 0 aliphatic carbocycles. The van der Waals surface area contributed by atoms with Gasteiger partial charge >= 0.3 is 11.9 Å². The Morgan fingerprint density at radius 2 is 1.91 bits per heavy atom. The number of carbonyl (C=O) groups excluding carboxylic acids is 2. The number of nitrogens with two attached hydrogens (primary N) is 1. The molecule has 0 amide bonds. The Morgan fingerprint density at radius 3 is 2.50 bits per heavy atom. The van der Waals surface area contributed by atoms with Crippen LogP contribution in [0, 0.1) is 5.92 Å². The molecule has 2 N–H and O–H groups in total. The van der Waals surface area contributed by atoms with E-state index in [-0.39, 0.29) is 12.4 Å². The summed E-state index contributed by atoms with van der Waals surface area (Å²) in [6.07, 6.45) is 4.47. The van der Waals surface area contributed by atoms with Crippen molar-refractivity contribution in [1.82, 2.24) is 0 Å². The molecule has 0 saturated heterocycles. The number of rotatable bonds is 8. The van der Waals surface area contributed by atoms with Crippen molar-refractivity contribution >= 4 is 18.0 Å². The maximum atomic E-state index is 12.0. The van der Waals surface area contributed by atoms with Gasteiger partial charge in [-0.1, -0.05) is 42.5 Å². The van der Waals surface area contributed by atoms with Gasteiger partial charge in [-0.25, -0.2) is 0 Å². The Morgan fingerprint density at radius 1 is 1.23 bits per heavy atom. The summed E-state index contributed by atoms with van der Waals surface area (Å²) in [5, 5.41) is 0. The molecule has 22 heavy (non-hydrogen) atoms. The monoisotopic (exact) mass is 305 g/mol. The van der Waals surface area contributed by atoms with Crippen LogP contribution < -0.4 is 5.73 Å². The highest BCUT2D eigenvalue weighted by molar-refractivity contribution is 5.78. The topological polar surface area (TPSA) is 78.6 Å². The zero-order chi connectivity index (χ0) is 16.4. The zero-order valence-corrected chi connectivity index (χ0v) is 13.0. The molecule has 1 aromatic carbocycles. The maximum Gasteiger partial charge on any atom is 0.322 e.